The average molecular weight is 314 g/mol. The molecule has 0 aromatic carbocycles. The second-order valence-corrected chi connectivity index (χ2v) is 6.29. The SMILES string of the molecule is Cc1nn(C)cc1-c1ccc(N[C@@H]2[C@@H]3CN(C(=O)O)C[C@@H]32)nn1. The number of nitrogens with zero attached hydrogens (tertiary/aromatic N) is 5. The molecule has 120 valence electrons. The summed E-state index contributed by atoms with van der Waals surface area (Å²) >= 11 is 0. The zero-order valence-electron chi connectivity index (χ0n) is 13.0. The van der Waals surface area contributed by atoms with E-state index < -0.39 is 6.09 Å². The normalized spacial score (nSPS) is 25.3. The van der Waals surface area contributed by atoms with Crippen LogP contribution in [0.1, 0.15) is 5.69 Å². The number of piperidine rings is 1. The fourth-order valence-corrected chi connectivity index (χ4v) is 3.47. The van der Waals surface area contributed by atoms with E-state index in [1.54, 1.807) is 4.68 Å². The number of aromatic nitrogens is 4. The maximum atomic E-state index is 10.9. The summed E-state index contributed by atoms with van der Waals surface area (Å²) in [5.74, 6) is 1.53. The minimum Gasteiger partial charge on any atom is -0.465 e. The number of likely N-dealkylation sites (tertiary alicyclic amines) is 1. The molecule has 8 nitrogen and oxygen atoms in total. The van der Waals surface area contributed by atoms with Crippen molar-refractivity contribution in [3.8, 4) is 11.3 Å². The van der Waals surface area contributed by atoms with Gasteiger partial charge in [-0.1, -0.05) is 0 Å². The van der Waals surface area contributed by atoms with E-state index in [1.807, 2.05) is 32.3 Å². The molecule has 1 saturated carbocycles. The van der Waals surface area contributed by atoms with E-state index in [4.69, 9.17) is 5.11 Å². The number of hydrogen-bond acceptors (Lipinski definition) is 5. The number of nitrogens with one attached hydrogen (secondary N) is 1. The topological polar surface area (TPSA) is 96.2 Å². The van der Waals surface area contributed by atoms with Crippen LogP contribution in [0.15, 0.2) is 18.3 Å². The first-order chi connectivity index (χ1) is 11.0. The summed E-state index contributed by atoms with van der Waals surface area (Å²) in [4.78, 5) is 12.4. The number of rotatable bonds is 3. The molecule has 2 aromatic rings. The van der Waals surface area contributed by atoms with Gasteiger partial charge in [0.2, 0.25) is 0 Å². The van der Waals surface area contributed by atoms with Gasteiger partial charge in [0.15, 0.2) is 0 Å². The van der Waals surface area contributed by atoms with Crippen LogP contribution < -0.4 is 5.32 Å². The molecular formula is C15H18N6O2. The number of anilines is 1. The van der Waals surface area contributed by atoms with Crippen molar-refractivity contribution in [2.45, 2.75) is 13.0 Å². The second-order valence-electron chi connectivity index (χ2n) is 6.29. The van der Waals surface area contributed by atoms with Gasteiger partial charge in [-0.2, -0.15) is 5.10 Å². The molecule has 1 amide bonds. The Bertz CT molecular complexity index is 744. The van der Waals surface area contributed by atoms with E-state index in [-0.39, 0.29) is 0 Å². The van der Waals surface area contributed by atoms with Crippen LogP contribution in [0.25, 0.3) is 11.3 Å². The Morgan fingerprint density at radius 3 is 2.57 bits per heavy atom. The lowest BCUT2D eigenvalue weighted by molar-refractivity contribution is 0.150. The Balaban J connectivity index is 1.41. The summed E-state index contributed by atoms with van der Waals surface area (Å²) in [5, 5.41) is 25.1. The summed E-state index contributed by atoms with van der Waals surface area (Å²) < 4.78 is 1.76. The largest absolute Gasteiger partial charge is 0.465 e. The summed E-state index contributed by atoms with van der Waals surface area (Å²) in [6.07, 6.45) is 1.10. The van der Waals surface area contributed by atoms with Gasteiger partial charge in [-0.05, 0) is 19.1 Å². The molecule has 1 aliphatic carbocycles. The molecule has 8 heteroatoms. The maximum absolute atomic E-state index is 10.9. The lowest BCUT2D eigenvalue weighted by Crippen LogP contribution is -2.32. The molecule has 0 bridgehead atoms. The van der Waals surface area contributed by atoms with Crippen LogP contribution >= 0.6 is 0 Å². The molecule has 3 atom stereocenters. The maximum Gasteiger partial charge on any atom is 0.407 e. The van der Waals surface area contributed by atoms with Gasteiger partial charge in [-0.15, -0.1) is 10.2 Å². The van der Waals surface area contributed by atoms with E-state index in [0.717, 1.165) is 22.8 Å². The molecule has 0 spiro atoms. The van der Waals surface area contributed by atoms with Crippen LogP contribution in [0, 0.1) is 18.8 Å². The van der Waals surface area contributed by atoms with Crippen molar-refractivity contribution in [2.24, 2.45) is 18.9 Å². The minimum absolute atomic E-state index is 0.311. The van der Waals surface area contributed by atoms with Crippen LogP contribution in [0.5, 0.6) is 0 Å². The molecule has 2 aliphatic rings. The van der Waals surface area contributed by atoms with E-state index >= 15 is 0 Å². The smallest absolute Gasteiger partial charge is 0.407 e. The Morgan fingerprint density at radius 2 is 2.04 bits per heavy atom. The van der Waals surface area contributed by atoms with Gasteiger partial charge in [0.25, 0.3) is 0 Å². The van der Waals surface area contributed by atoms with Gasteiger partial charge in [-0.3, -0.25) is 4.68 Å². The lowest BCUT2D eigenvalue weighted by Gasteiger charge is -2.16. The Morgan fingerprint density at radius 1 is 1.30 bits per heavy atom. The lowest BCUT2D eigenvalue weighted by atomic mass is 10.2. The zero-order chi connectivity index (χ0) is 16.1. The van der Waals surface area contributed by atoms with E-state index in [2.05, 4.69) is 20.6 Å². The standard InChI is InChI=1S/C15H18N6O2/c1-8-9(5-20(2)19-8)12-3-4-13(18-17-12)16-14-10-6-21(15(22)23)7-11(10)14/h3-5,10-11,14H,6-7H2,1-2H3,(H,16,18)(H,22,23)/t10-,11+,14-. The molecule has 0 unspecified atom stereocenters. The van der Waals surface area contributed by atoms with Gasteiger partial charge in [-0.25, -0.2) is 4.79 Å². The fraction of sp³-hybridized carbons (Fsp3) is 0.467. The highest BCUT2D eigenvalue weighted by molar-refractivity contribution is 5.66. The van der Waals surface area contributed by atoms with E-state index in [0.29, 0.717) is 31.0 Å². The fourth-order valence-electron chi connectivity index (χ4n) is 3.47. The molecule has 2 fully saturated rings. The van der Waals surface area contributed by atoms with Crippen LogP contribution in [-0.2, 0) is 7.05 Å². The minimum atomic E-state index is -0.827. The third-order valence-corrected chi connectivity index (χ3v) is 4.73. The third kappa shape index (κ3) is 2.39. The second kappa shape index (κ2) is 4.94. The molecule has 3 heterocycles. The first kappa shape index (κ1) is 14.0. The number of aryl methyl sites for hydroxylation is 2. The molecule has 4 rings (SSSR count). The van der Waals surface area contributed by atoms with Crippen molar-refractivity contribution in [3.05, 3.63) is 24.0 Å². The van der Waals surface area contributed by atoms with Gasteiger partial charge in [0, 0.05) is 49.8 Å². The Hall–Kier alpha value is -2.64. The Labute approximate surface area is 133 Å². The van der Waals surface area contributed by atoms with Crippen LogP contribution in [-0.4, -0.2) is 55.2 Å². The summed E-state index contributed by atoms with van der Waals surface area (Å²) in [7, 11) is 1.88. The molecule has 0 radical (unpaired) electrons. The molecule has 23 heavy (non-hydrogen) atoms. The molecular weight excluding hydrogens is 296 g/mol. The quantitative estimate of drug-likeness (QED) is 0.884. The predicted molar refractivity (Wildman–Crippen MR) is 83.0 cm³/mol. The van der Waals surface area contributed by atoms with Gasteiger partial charge >= 0.3 is 6.09 Å². The first-order valence-electron chi connectivity index (χ1n) is 7.61. The zero-order valence-corrected chi connectivity index (χ0v) is 13.0. The predicted octanol–water partition coefficient (Wildman–Crippen LogP) is 1.21. The van der Waals surface area contributed by atoms with Crippen LogP contribution in [0.2, 0.25) is 0 Å². The van der Waals surface area contributed by atoms with E-state index in [9.17, 15) is 4.79 Å². The highest BCUT2D eigenvalue weighted by Crippen LogP contribution is 2.46. The van der Waals surface area contributed by atoms with Crippen molar-refractivity contribution in [2.75, 3.05) is 18.4 Å². The average Bonchev–Trinajstić information content (AvgIpc) is 2.88. The van der Waals surface area contributed by atoms with Crippen molar-refractivity contribution in [1.82, 2.24) is 24.9 Å². The van der Waals surface area contributed by atoms with Crippen LogP contribution in [0.4, 0.5) is 10.6 Å². The van der Waals surface area contributed by atoms with Gasteiger partial charge in [0.1, 0.15) is 5.82 Å². The number of hydrogen-bond donors (Lipinski definition) is 2. The summed E-state index contributed by atoms with van der Waals surface area (Å²) in [6, 6.07) is 4.16. The van der Waals surface area contributed by atoms with E-state index in [1.165, 1.54) is 4.90 Å². The van der Waals surface area contributed by atoms with Crippen molar-refractivity contribution >= 4 is 11.9 Å². The third-order valence-electron chi connectivity index (χ3n) is 4.73. The van der Waals surface area contributed by atoms with Crippen LogP contribution in [0.3, 0.4) is 0 Å². The highest BCUT2D eigenvalue weighted by atomic mass is 16.4. The number of carbonyl (C=O) groups is 1. The first-order valence-corrected chi connectivity index (χ1v) is 7.61. The molecule has 1 aliphatic heterocycles. The van der Waals surface area contributed by atoms with Gasteiger partial charge in [0.05, 0.1) is 11.4 Å². The molecule has 1 saturated heterocycles. The van der Waals surface area contributed by atoms with Gasteiger partial charge < -0.3 is 15.3 Å². The van der Waals surface area contributed by atoms with Crippen molar-refractivity contribution < 1.29 is 9.90 Å². The Kier molecular flexibility index (Phi) is 3.00. The summed E-state index contributed by atoms with van der Waals surface area (Å²) in [5.41, 5.74) is 2.70. The highest BCUT2D eigenvalue weighted by Gasteiger charge is 2.57. The number of fused-ring (bicyclic) bond motifs is 1. The monoisotopic (exact) mass is 314 g/mol. The molecule has 2 N–H and O–H groups in total. The number of amides is 1. The summed E-state index contributed by atoms with van der Waals surface area (Å²) in [6.45, 7) is 3.17. The molecule has 2 aromatic heterocycles. The number of carboxylic acid groups (broad SMARTS) is 1. The van der Waals surface area contributed by atoms with Crippen molar-refractivity contribution in [1.29, 1.82) is 0 Å². The van der Waals surface area contributed by atoms with Crippen molar-refractivity contribution in [3.63, 3.8) is 0 Å².